The zero-order chi connectivity index (χ0) is 33.3. The number of hydrogen-bond donors (Lipinski definition) is 3. The van der Waals surface area contributed by atoms with Crippen LogP contribution in [0.25, 0.3) is 17.3 Å². The summed E-state index contributed by atoms with van der Waals surface area (Å²) in [5.41, 5.74) is 3.02. The van der Waals surface area contributed by atoms with Gasteiger partial charge in [-0.1, -0.05) is 53.5 Å². The monoisotopic (exact) mass is 702 g/mol. The molecule has 47 heavy (non-hydrogen) atoms. The van der Waals surface area contributed by atoms with E-state index in [0.717, 1.165) is 10.5 Å². The van der Waals surface area contributed by atoms with Crippen LogP contribution in [-0.2, 0) is 9.59 Å². The average Bonchev–Trinajstić information content (AvgIpc) is 3.53. The topological polar surface area (TPSA) is 109 Å². The zero-order valence-corrected chi connectivity index (χ0v) is 28.3. The third kappa shape index (κ3) is 9.24. The van der Waals surface area contributed by atoms with Crippen LogP contribution >= 0.6 is 46.3 Å². The summed E-state index contributed by atoms with van der Waals surface area (Å²) < 4.78 is 5.30. The molecule has 0 bridgehead atoms. The van der Waals surface area contributed by atoms with Crippen LogP contribution < -0.4 is 20.7 Å². The lowest BCUT2D eigenvalue weighted by molar-refractivity contribution is -0.115. The number of carbonyl (C=O) groups is 3. The summed E-state index contributed by atoms with van der Waals surface area (Å²) in [6.07, 6.45) is 1.58. The number of nitrogens with zero attached hydrogens (tertiary/aromatic N) is 1. The lowest BCUT2D eigenvalue weighted by atomic mass is 10.1. The molecule has 5 rings (SSSR count). The number of halogens is 2. The molecule has 3 amide bonds. The van der Waals surface area contributed by atoms with Gasteiger partial charge in [-0.3, -0.25) is 14.4 Å². The maximum absolute atomic E-state index is 13.4. The van der Waals surface area contributed by atoms with Crippen LogP contribution in [0.2, 0.25) is 10.0 Å². The molecule has 238 valence electrons. The highest BCUT2D eigenvalue weighted by Crippen LogP contribution is 2.33. The Hall–Kier alpha value is -4.61. The van der Waals surface area contributed by atoms with Gasteiger partial charge in [0.25, 0.3) is 11.8 Å². The van der Waals surface area contributed by atoms with Gasteiger partial charge in [-0.15, -0.1) is 23.1 Å². The number of amides is 3. The summed E-state index contributed by atoms with van der Waals surface area (Å²) in [5.74, 6) is -0.523. The van der Waals surface area contributed by atoms with Crippen LogP contribution in [0.3, 0.4) is 0 Å². The van der Waals surface area contributed by atoms with Crippen molar-refractivity contribution in [3.8, 4) is 17.0 Å². The van der Waals surface area contributed by atoms with Crippen LogP contribution in [0, 0.1) is 0 Å². The second-order valence-electron chi connectivity index (χ2n) is 10.0. The summed E-state index contributed by atoms with van der Waals surface area (Å²) in [6, 6.07) is 28.0. The fraction of sp³-hybridized carbons (Fsp3) is 0.0857. The van der Waals surface area contributed by atoms with Gasteiger partial charge in [-0.05, 0) is 85.3 Å². The van der Waals surface area contributed by atoms with E-state index in [9.17, 15) is 14.4 Å². The molecule has 0 fully saturated rings. The molecule has 0 spiro atoms. The lowest BCUT2D eigenvalue weighted by Gasteiger charge is -2.13. The number of thiazole rings is 1. The van der Waals surface area contributed by atoms with E-state index in [0.29, 0.717) is 43.4 Å². The first-order chi connectivity index (χ1) is 22.7. The molecule has 0 aliphatic heterocycles. The van der Waals surface area contributed by atoms with Gasteiger partial charge in [0, 0.05) is 32.1 Å². The summed E-state index contributed by atoms with van der Waals surface area (Å²) in [4.78, 5) is 44.6. The number of rotatable bonds is 11. The van der Waals surface area contributed by atoms with E-state index >= 15 is 0 Å². The zero-order valence-electron chi connectivity index (χ0n) is 25.1. The largest absolute Gasteiger partial charge is 0.497 e. The van der Waals surface area contributed by atoms with E-state index in [1.165, 1.54) is 23.1 Å². The molecule has 0 aliphatic carbocycles. The van der Waals surface area contributed by atoms with Gasteiger partial charge in [-0.25, -0.2) is 4.98 Å². The SMILES string of the molecule is COc1cccc(/C=C(\NC(=O)c2ccccc2)C(=O)Nc2ccc(SC(C)C(=O)Nc3nc(-c4ccc(Cl)cc4Cl)cs3)cc2)c1. The van der Waals surface area contributed by atoms with E-state index in [1.807, 2.05) is 23.6 Å². The van der Waals surface area contributed by atoms with Crippen molar-refractivity contribution in [3.05, 3.63) is 129 Å². The molecule has 0 saturated heterocycles. The first-order valence-corrected chi connectivity index (χ1v) is 16.7. The average molecular weight is 704 g/mol. The molecular formula is C35H28Cl2N4O4S2. The molecule has 0 radical (unpaired) electrons. The number of carbonyl (C=O) groups excluding carboxylic acids is 3. The summed E-state index contributed by atoms with van der Waals surface area (Å²) in [7, 11) is 1.55. The highest BCUT2D eigenvalue weighted by molar-refractivity contribution is 8.00. The maximum Gasteiger partial charge on any atom is 0.272 e. The number of hydrogen-bond acceptors (Lipinski definition) is 7. The molecular weight excluding hydrogens is 675 g/mol. The van der Waals surface area contributed by atoms with Gasteiger partial charge in [0.15, 0.2) is 5.13 Å². The molecule has 1 aromatic heterocycles. The number of aromatic nitrogens is 1. The Labute approximate surface area is 290 Å². The number of anilines is 2. The second kappa shape index (κ2) is 15.8. The quantitative estimate of drug-likeness (QED) is 0.0939. The Morgan fingerprint density at radius 3 is 2.40 bits per heavy atom. The lowest BCUT2D eigenvalue weighted by Crippen LogP contribution is -2.30. The standard InChI is InChI=1S/C35H28Cl2N4O4S2/c1-21(32(42)41-35-40-31(20-46-35)28-16-11-24(36)19-29(28)37)47-27-14-12-25(13-15-27)38-34(44)30(18-22-7-6-10-26(17-22)45-2)39-33(43)23-8-4-3-5-9-23/h3-21H,1-2H3,(H,38,44)(H,39,43)(H,40,41,42)/b30-18-. The predicted molar refractivity (Wildman–Crippen MR) is 191 cm³/mol. The molecule has 1 unspecified atom stereocenters. The smallest absolute Gasteiger partial charge is 0.272 e. The van der Waals surface area contributed by atoms with Gasteiger partial charge in [-0.2, -0.15) is 0 Å². The van der Waals surface area contributed by atoms with Gasteiger partial charge in [0.1, 0.15) is 11.4 Å². The molecule has 12 heteroatoms. The Kier molecular flexibility index (Phi) is 11.3. The van der Waals surface area contributed by atoms with Crippen molar-refractivity contribution in [2.75, 3.05) is 17.7 Å². The minimum Gasteiger partial charge on any atom is -0.497 e. The van der Waals surface area contributed by atoms with Gasteiger partial charge >= 0.3 is 0 Å². The second-order valence-corrected chi connectivity index (χ2v) is 13.2. The Bertz CT molecular complexity index is 1930. The molecule has 3 N–H and O–H groups in total. The third-order valence-corrected chi connectivity index (χ3v) is 9.09. The third-order valence-electron chi connectivity index (χ3n) is 6.67. The normalized spacial score (nSPS) is 11.8. The van der Waals surface area contributed by atoms with Crippen molar-refractivity contribution in [2.24, 2.45) is 0 Å². The number of benzene rings is 4. The summed E-state index contributed by atoms with van der Waals surface area (Å²) >= 11 is 15.0. The van der Waals surface area contributed by atoms with Crippen molar-refractivity contribution in [1.29, 1.82) is 0 Å². The number of ether oxygens (including phenoxy) is 1. The fourth-order valence-corrected chi connectivity index (χ4v) is 6.36. The van der Waals surface area contributed by atoms with Crippen molar-refractivity contribution < 1.29 is 19.1 Å². The van der Waals surface area contributed by atoms with Crippen molar-refractivity contribution in [3.63, 3.8) is 0 Å². The van der Waals surface area contributed by atoms with Crippen molar-refractivity contribution >= 4 is 80.9 Å². The van der Waals surface area contributed by atoms with Gasteiger partial charge in [0.2, 0.25) is 5.91 Å². The Morgan fingerprint density at radius 2 is 1.68 bits per heavy atom. The summed E-state index contributed by atoms with van der Waals surface area (Å²) in [5, 5.41) is 11.3. The molecule has 1 atom stereocenters. The maximum atomic E-state index is 13.4. The molecule has 1 heterocycles. The van der Waals surface area contributed by atoms with Crippen LogP contribution in [0.5, 0.6) is 5.75 Å². The number of methoxy groups -OCH3 is 1. The predicted octanol–water partition coefficient (Wildman–Crippen LogP) is 8.65. The Balaban J connectivity index is 1.22. The summed E-state index contributed by atoms with van der Waals surface area (Å²) in [6.45, 7) is 1.80. The Morgan fingerprint density at radius 1 is 0.915 bits per heavy atom. The van der Waals surface area contributed by atoms with E-state index in [1.54, 1.807) is 99.0 Å². The molecule has 4 aromatic carbocycles. The van der Waals surface area contributed by atoms with E-state index < -0.39 is 17.1 Å². The first-order valence-electron chi connectivity index (χ1n) is 14.2. The van der Waals surface area contributed by atoms with E-state index in [2.05, 4.69) is 20.9 Å². The van der Waals surface area contributed by atoms with Gasteiger partial charge in [0.05, 0.1) is 23.1 Å². The molecule has 0 saturated carbocycles. The van der Waals surface area contributed by atoms with E-state index in [4.69, 9.17) is 27.9 Å². The molecule has 0 aliphatic rings. The van der Waals surface area contributed by atoms with Crippen molar-refractivity contribution in [1.82, 2.24) is 10.3 Å². The first kappa shape index (κ1) is 33.7. The number of thioether (sulfide) groups is 1. The van der Waals surface area contributed by atoms with Crippen molar-refractivity contribution in [2.45, 2.75) is 17.1 Å². The van der Waals surface area contributed by atoms with Crippen LogP contribution in [0.1, 0.15) is 22.8 Å². The molecule has 5 aromatic rings. The van der Waals surface area contributed by atoms with Crippen LogP contribution in [-0.4, -0.2) is 35.1 Å². The van der Waals surface area contributed by atoms with Crippen LogP contribution in [0.4, 0.5) is 10.8 Å². The minimum absolute atomic E-state index is 0.0551. The number of nitrogens with one attached hydrogen (secondary N) is 3. The van der Waals surface area contributed by atoms with Gasteiger partial charge < -0.3 is 20.7 Å². The highest BCUT2D eigenvalue weighted by atomic mass is 35.5. The highest BCUT2D eigenvalue weighted by Gasteiger charge is 2.18. The minimum atomic E-state index is -0.507. The molecule has 8 nitrogen and oxygen atoms in total. The van der Waals surface area contributed by atoms with E-state index in [-0.39, 0.29) is 11.6 Å². The fourth-order valence-electron chi connectivity index (χ4n) is 4.27. The van der Waals surface area contributed by atoms with Crippen LogP contribution in [0.15, 0.2) is 113 Å².